The maximum atomic E-state index is 14.2. The third-order valence-corrected chi connectivity index (χ3v) is 17.2. The zero-order chi connectivity index (χ0) is 60.4. The van der Waals surface area contributed by atoms with Gasteiger partial charge in [-0.3, -0.25) is 48.8 Å². The highest BCUT2D eigenvalue weighted by Gasteiger charge is 2.51. The van der Waals surface area contributed by atoms with Crippen molar-refractivity contribution in [2.24, 2.45) is 11.1 Å². The minimum absolute atomic E-state index is 0.00352. The van der Waals surface area contributed by atoms with Gasteiger partial charge in [0.05, 0.1) is 11.4 Å². The summed E-state index contributed by atoms with van der Waals surface area (Å²) in [7, 11) is -4.95. The summed E-state index contributed by atoms with van der Waals surface area (Å²) in [6.45, 7) is 1.64. The summed E-state index contributed by atoms with van der Waals surface area (Å²) in [5.41, 5.74) is 8.49. The predicted molar refractivity (Wildman–Crippen MR) is 323 cm³/mol. The number of carbonyl (C=O) groups is 8. The number of hydrogen-bond donors (Lipinski definition) is 8. The molecule has 3 heterocycles. The smallest absolute Gasteiger partial charge is 0.444 e. The first-order valence-corrected chi connectivity index (χ1v) is 31.0. The summed E-state index contributed by atoms with van der Waals surface area (Å²) in [6.07, 6.45) is 6.25. The molecule has 9 rings (SSSR count). The number of unbranched alkanes of at least 4 members (excludes halogenated alkanes) is 2. The maximum absolute atomic E-state index is 14.2. The lowest BCUT2D eigenvalue weighted by atomic mass is 9.67. The number of urea groups is 1. The van der Waals surface area contributed by atoms with Crippen molar-refractivity contribution >= 4 is 123 Å². The lowest BCUT2D eigenvalue weighted by molar-refractivity contribution is -0.150. The SMILES string of the molecule is NC(=O)NCCC[C@@H](CNc1ccc(COC(=O)Nc2cc3c(c4ccccc24)[C@H](CCl)CN3C(=O)CCCC(=O)N2C[C@@H](CCl)c3c2cc(OP(=O)(O)O)c2ccccc32)cc1)NC(=O)C1(C(=O)NCCCCCN2C(=O)C=CC2=O)CCC1. The molecular weight excluding hydrogens is 1160 g/mol. The van der Waals surface area contributed by atoms with E-state index < -0.39 is 31.4 Å². The minimum atomic E-state index is -4.95. The molecule has 3 aliphatic heterocycles. The Morgan fingerprint density at radius 2 is 1.31 bits per heavy atom. The average molecular weight is 1230 g/mol. The van der Waals surface area contributed by atoms with Crippen LogP contribution >= 0.6 is 31.0 Å². The number of nitrogens with zero attached hydrogens (tertiary/aromatic N) is 3. The monoisotopic (exact) mass is 1220 g/mol. The van der Waals surface area contributed by atoms with Crippen LogP contribution in [0.1, 0.15) is 99.2 Å². The van der Waals surface area contributed by atoms with E-state index in [1.54, 1.807) is 59.5 Å². The molecular formula is C60H68Cl2N9O13P. The van der Waals surface area contributed by atoms with Gasteiger partial charge in [0.1, 0.15) is 17.8 Å². The molecule has 0 bridgehead atoms. The number of rotatable bonds is 27. The third kappa shape index (κ3) is 14.5. The van der Waals surface area contributed by atoms with Gasteiger partial charge < -0.3 is 46.1 Å². The van der Waals surface area contributed by atoms with Crippen LogP contribution in [0.3, 0.4) is 0 Å². The lowest BCUT2D eigenvalue weighted by Gasteiger charge is -2.39. The number of benzene rings is 5. The predicted octanol–water partition coefficient (Wildman–Crippen LogP) is 8.15. The largest absolute Gasteiger partial charge is 0.524 e. The molecule has 5 aromatic carbocycles. The number of primary amides is 1. The summed E-state index contributed by atoms with van der Waals surface area (Å²) >= 11 is 13.0. The van der Waals surface area contributed by atoms with E-state index in [1.165, 1.54) is 28.0 Å². The fraction of sp³-hybridized carbons (Fsp3) is 0.400. The average Bonchev–Trinajstić information content (AvgIpc) is 1.85. The number of nitrogens with one attached hydrogen (secondary N) is 5. The molecule has 1 fully saturated rings. The quantitative estimate of drug-likeness (QED) is 0.00809. The summed E-state index contributed by atoms with van der Waals surface area (Å²) in [4.78, 5) is 128. The van der Waals surface area contributed by atoms with E-state index in [0.29, 0.717) is 109 Å². The van der Waals surface area contributed by atoms with E-state index >= 15 is 0 Å². The van der Waals surface area contributed by atoms with Gasteiger partial charge >= 0.3 is 19.9 Å². The van der Waals surface area contributed by atoms with Gasteiger partial charge in [-0.1, -0.05) is 67.1 Å². The number of nitrogens with two attached hydrogens (primary N) is 1. The van der Waals surface area contributed by atoms with Crippen LogP contribution in [0.4, 0.5) is 32.3 Å². The van der Waals surface area contributed by atoms with Crippen LogP contribution in [0.15, 0.2) is 97.1 Å². The van der Waals surface area contributed by atoms with Crippen molar-refractivity contribution in [3.8, 4) is 5.75 Å². The topological polar surface area (TPSA) is 308 Å². The summed E-state index contributed by atoms with van der Waals surface area (Å²) in [5.74, 6) is -2.09. The third-order valence-electron chi connectivity index (χ3n) is 16.1. The van der Waals surface area contributed by atoms with E-state index in [9.17, 15) is 52.7 Å². The van der Waals surface area contributed by atoms with Crippen molar-refractivity contribution in [2.45, 2.75) is 95.1 Å². The number of anilines is 4. The summed E-state index contributed by atoms with van der Waals surface area (Å²) in [5, 5.41) is 17.4. The van der Waals surface area contributed by atoms with Crippen molar-refractivity contribution in [1.82, 2.24) is 20.9 Å². The second kappa shape index (κ2) is 27.5. The van der Waals surface area contributed by atoms with Crippen LogP contribution < -0.4 is 46.6 Å². The zero-order valence-electron chi connectivity index (χ0n) is 46.6. The lowest BCUT2D eigenvalue weighted by Crippen LogP contribution is -2.57. The Labute approximate surface area is 500 Å². The Morgan fingerprint density at radius 3 is 1.89 bits per heavy atom. The van der Waals surface area contributed by atoms with E-state index in [-0.39, 0.29) is 117 Å². The van der Waals surface area contributed by atoms with Crippen LogP contribution in [-0.2, 0) is 44.7 Å². The normalized spacial score (nSPS) is 17.1. The van der Waals surface area contributed by atoms with Gasteiger partial charge in [-0.25, -0.2) is 14.2 Å². The van der Waals surface area contributed by atoms with Crippen LogP contribution in [0.25, 0.3) is 21.5 Å². The van der Waals surface area contributed by atoms with Gasteiger partial charge in [-0.15, -0.1) is 23.2 Å². The molecule has 1 aliphatic carbocycles. The second-order valence-electron chi connectivity index (χ2n) is 21.7. The zero-order valence-corrected chi connectivity index (χ0v) is 49.0. The fourth-order valence-electron chi connectivity index (χ4n) is 11.6. The molecule has 9 N–H and O–H groups in total. The molecule has 1 saturated carbocycles. The molecule has 25 heteroatoms. The molecule has 0 saturated heterocycles. The Hall–Kier alpha value is -7.75. The number of halogens is 2. The van der Waals surface area contributed by atoms with Crippen molar-refractivity contribution < 1.29 is 62.0 Å². The van der Waals surface area contributed by atoms with Gasteiger partial charge in [0, 0.05) is 122 Å². The molecule has 3 atom stereocenters. The molecule has 0 spiro atoms. The number of fused-ring (bicyclic) bond motifs is 6. The van der Waals surface area contributed by atoms with Gasteiger partial charge in [-0.2, -0.15) is 0 Å². The molecule has 85 heavy (non-hydrogen) atoms. The summed E-state index contributed by atoms with van der Waals surface area (Å²) < 4.78 is 22.7. The molecule has 5 aromatic rings. The van der Waals surface area contributed by atoms with Crippen molar-refractivity contribution in [3.05, 3.63) is 114 Å². The molecule has 450 valence electrons. The molecule has 22 nitrogen and oxygen atoms in total. The minimum Gasteiger partial charge on any atom is -0.444 e. The van der Waals surface area contributed by atoms with Gasteiger partial charge in [0.2, 0.25) is 23.6 Å². The highest BCUT2D eigenvalue weighted by molar-refractivity contribution is 7.46. The highest BCUT2D eigenvalue weighted by atomic mass is 35.5. The number of ether oxygens (including phenoxy) is 1. The molecule has 0 unspecified atom stereocenters. The molecule has 9 amide bonds. The standard InChI is InChI=1S/C60H68Cl2N9O13P/c61-31-38-34-70(50(72)16-8-17-51(73)71-35-39(32-62)55-45-15-5-3-13-43(45)49(30-48(55)71)84-85(80,81)82)47-29-46(42-12-2-4-14-44(42)54(38)47)68-59(79)83-36-37-18-20-40(21-19-37)66-33-41(11-9-27-65-58(63)78)67-57(77)60(24-10-25-60)56(76)64-26-6-1-7-28-69-52(74)22-23-53(69)75/h2-5,12-15,18-23,29-30,38-39,41,66H,1,6-11,16-17,24-28,31-36H2,(H,64,76)(H,67,77)(H,68,79)(H3,63,65,78)(H2,80,81,82)/t38-,39-,41+/m1/s1. The van der Waals surface area contributed by atoms with Crippen LogP contribution in [-0.4, -0.2) is 119 Å². The van der Waals surface area contributed by atoms with Crippen molar-refractivity contribution in [2.75, 3.05) is 71.5 Å². The molecule has 4 aliphatic rings. The van der Waals surface area contributed by atoms with Gasteiger partial charge in [0.25, 0.3) is 11.8 Å². The first-order chi connectivity index (χ1) is 40.9. The van der Waals surface area contributed by atoms with E-state index in [4.69, 9.17) is 38.2 Å². The van der Waals surface area contributed by atoms with E-state index in [2.05, 4.69) is 26.6 Å². The Bertz CT molecular complexity index is 3450. The van der Waals surface area contributed by atoms with E-state index in [1.807, 2.05) is 24.3 Å². The van der Waals surface area contributed by atoms with Gasteiger partial charge in [0.15, 0.2) is 0 Å². The second-order valence-corrected chi connectivity index (χ2v) is 23.5. The maximum Gasteiger partial charge on any atom is 0.524 e. The van der Waals surface area contributed by atoms with Crippen molar-refractivity contribution in [3.63, 3.8) is 0 Å². The number of alkyl halides is 2. The Kier molecular flexibility index (Phi) is 20.0. The van der Waals surface area contributed by atoms with Crippen LogP contribution in [0, 0.1) is 5.41 Å². The fourth-order valence-corrected chi connectivity index (χ4v) is 12.5. The number of amides is 9. The Morgan fingerprint density at radius 1 is 0.718 bits per heavy atom. The number of phosphoric acid groups is 1. The molecule has 0 aromatic heterocycles. The number of carbonyl (C=O) groups excluding carboxylic acids is 8. The number of phosphoric ester groups is 1. The Balaban J connectivity index is 0.785. The van der Waals surface area contributed by atoms with Crippen LogP contribution in [0.2, 0.25) is 0 Å². The van der Waals surface area contributed by atoms with Crippen molar-refractivity contribution in [1.29, 1.82) is 0 Å². The number of imide groups is 1. The number of hydrogen-bond acceptors (Lipinski definition) is 12. The highest BCUT2D eigenvalue weighted by Crippen LogP contribution is 2.50. The van der Waals surface area contributed by atoms with Crippen LogP contribution in [0.5, 0.6) is 5.75 Å². The van der Waals surface area contributed by atoms with Gasteiger partial charge in [-0.05, 0) is 97.0 Å². The van der Waals surface area contributed by atoms with E-state index in [0.717, 1.165) is 16.5 Å². The first kappa shape index (κ1) is 61.8. The summed E-state index contributed by atoms with van der Waals surface area (Å²) in [6, 6.07) is 23.7. The molecule has 0 radical (unpaired) electrons. The first-order valence-electron chi connectivity index (χ1n) is 28.4.